The standard InChI is InChI=1S/C19H18BrFN2O4/c20-15-3-1-2-4-16(15)23-17(24)11-22-18(25)12-27-19(26)10-7-13-5-8-14(21)9-6-13/h1-6,8-9H,7,10-12H2,(H,22,25)(H,23,24). The molecule has 0 saturated carbocycles. The van der Waals surface area contributed by atoms with E-state index in [1.54, 1.807) is 30.3 Å². The summed E-state index contributed by atoms with van der Waals surface area (Å²) in [6.45, 7) is -0.710. The average Bonchev–Trinajstić information content (AvgIpc) is 2.66. The maximum Gasteiger partial charge on any atom is 0.306 e. The van der Waals surface area contributed by atoms with Crippen molar-refractivity contribution in [1.82, 2.24) is 5.32 Å². The summed E-state index contributed by atoms with van der Waals surface area (Å²) in [5.74, 6) is -1.88. The van der Waals surface area contributed by atoms with Gasteiger partial charge >= 0.3 is 5.97 Å². The first-order valence-electron chi connectivity index (χ1n) is 8.15. The van der Waals surface area contributed by atoms with Gasteiger partial charge in [0.1, 0.15) is 5.82 Å². The van der Waals surface area contributed by atoms with Crippen LogP contribution < -0.4 is 10.6 Å². The third-order valence-electron chi connectivity index (χ3n) is 3.49. The number of carbonyl (C=O) groups excluding carboxylic acids is 3. The summed E-state index contributed by atoms with van der Waals surface area (Å²) in [6.07, 6.45) is 0.455. The van der Waals surface area contributed by atoms with Crippen LogP contribution >= 0.6 is 15.9 Å². The SMILES string of the molecule is O=C(COC(=O)CCc1ccc(F)cc1)NCC(=O)Nc1ccccc1Br. The van der Waals surface area contributed by atoms with Crippen LogP contribution in [-0.2, 0) is 25.5 Å². The van der Waals surface area contributed by atoms with Gasteiger partial charge in [-0.2, -0.15) is 0 Å². The molecule has 0 heterocycles. The molecule has 8 heteroatoms. The van der Waals surface area contributed by atoms with E-state index in [-0.39, 0.29) is 18.8 Å². The first-order chi connectivity index (χ1) is 12.9. The highest BCUT2D eigenvalue weighted by molar-refractivity contribution is 9.10. The van der Waals surface area contributed by atoms with Crippen LogP contribution in [0.1, 0.15) is 12.0 Å². The van der Waals surface area contributed by atoms with Crippen molar-refractivity contribution in [2.24, 2.45) is 0 Å². The van der Waals surface area contributed by atoms with E-state index in [0.29, 0.717) is 12.1 Å². The minimum Gasteiger partial charge on any atom is -0.456 e. The average molecular weight is 437 g/mol. The number of nitrogens with one attached hydrogen (secondary N) is 2. The molecule has 2 N–H and O–H groups in total. The molecule has 0 bridgehead atoms. The minimum atomic E-state index is -0.576. The van der Waals surface area contributed by atoms with Crippen LogP contribution in [0, 0.1) is 5.82 Å². The molecule has 0 aliphatic heterocycles. The van der Waals surface area contributed by atoms with Crippen LogP contribution in [0.15, 0.2) is 53.0 Å². The lowest BCUT2D eigenvalue weighted by Gasteiger charge is -2.09. The number of ether oxygens (including phenoxy) is 1. The smallest absolute Gasteiger partial charge is 0.306 e. The van der Waals surface area contributed by atoms with Crippen molar-refractivity contribution in [2.45, 2.75) is 12.8 Å². The monoisotopic (exact) mass is 436 g/mol. The number of hydrogen-bond acceptors (Lipinski definition) is 4. The van der Waals surface area contributed by atoms with E-state index in [2.05, 4.69) is 26.6 Å². The second kappa shape index (κ2) is 10.4. The Balaban J connectivity index is 1.63. The van der Waals surface area contributed by atoms with Crippen molar-refractivity contribution in [3.05, 3.63) is 64.4 Å². The second-order valence-electron chi connectivity index (χ2n) is 5.59. The maximum absolute atomic E-state index is 12.8. The molecule has 0 aliphatic rings. The number of carbonyl (C=O) groups is 3. The molecule has 0 fully saturated rings. The topological polar surface area (TPSA) is 84.5 Å². The van der Waals surface area contributed by atoms with E-state index in [1.807, 2.05) is 6.07 Å². The summed E-state index contributed by atoms with van der Waals surface area (Å²) in [5.41, 5.74) is 1.38. The van der Waals surface area contributed by atoms with Gasteiger partial charge in [0.15, 0.2) is 6.61 Å². The molecule has 2 aromatic carbocycles. The van der Waals surface area contributed by atoms with Gasteiger partial charge in [-0.3, -0.25) is 14.4 Å². The lowest BCUT2D eigenvalue weighted by atomic mass is 10.1. The van der Waals surface area contributed by atoms with Crippen LogP contribution in [0.2, 0.25) is 0 Å². The number of amides is 2. The van der Waals surface area contributed by atoms with Gasteiger partial charge in [0.2, 0.25) is 5.91 Å². The van der Waals surface area contributed by atoms with Gasteiger partial charge in [-0.25, -0.2) is 4.39 Å². The molecular formula is C19H18BrFN2O4. The van der Waals surface area contributed by atoms with Gasteiger partial charge < -0.3 is 15.4 Å². The van der Waals surface area contributed by atoms with Crippen molar-refractivity contribution in [1.29, 1.82) is 0 Å². The summed E-state index contributed by atoms with van der Waals surface area (Å²) in [5, 5.41) is 5.01. The summed E-state index contributed by atoms with van der Waals surface area (Å²) >= 11 is 3.30. The van der Waals surface area contributed by atoms with E-state index in [4.69, 9.17) is 4.74 Å². The molecule has 2 amide bonds. The molecule has 0 saturated heterocycles. The fraction of sp³-hybridized carbons (Fsp3) is 0.211. The van der Waals surface area contributed by atoms with Crippen molar-refractivity contribution in [2.75, 3.05) is 18.5 Å². The second-order valence-corrected chi connectivity index (χ2v) is 6.45. The summed E-state index contributed by atoms with van der Waals surface area (Å²) < 4.78 is 18.4. The van der Waals surface area contributed by atoms with E-state index >= 15 is 0 Å². The zero-order valence-electron chi connectivity index (χ0n) is 14.3. The quantitative estimate of drug-likeness (QED) is 0.623. The molecule has 2 rings (SSSR count). The lowest BCUT2D eigenvalue weighted by molar-refractivity contribution is -0.148. The molecule has 0 aromatic heterocycles. The Morgan fingerprint density at radius 2 is 1.70 bits per heavy atom. The van der Waals surface area contributed by atoms with Gasteiger partial charge in [-0.15, -0.1) is 0 Å². The highest BCUT2D eigenvalue weighted by atomic mass is 79.9. The van der Waals surface area contributed by atoms with Crippen LogP contribution in [0.3, 0.4) is 0 Å². The largest absolute Gasteiger partial charge is 0.456 e. The Bertz CT molecular complexity index is 812. The molecule has 0 radical (unpaired) electrons. The van der Waals surface area contributed by atoms with Crippen LogP contribution in [0.25, 0.3) is 0 Å². The Morgan fingerprint density at radius 3 is 2.41 bits per heavy atom. The molecule has 0 aliphatic carbocycles. The molecular weight excluding hydrogens is 419 g/mol. The first kappa shape index (κ1) is 20.6. The lowest BCUT2D eigenvalue weighted by Crippen LogP contribution is -2.35. The minimum absolute atomic E-state index is 0.0709. The first-order valence-corrected chi connectivity index (χ1v) is 8.94. The predicted octanol–water partition coefficient (Wildman–Crippen LogP) is 2.82. The van der Waals surface area contributed by atoms with Gasteiger partial charge in [0.05, 0.1) is 12.2 Å². The Morgan fingerprint density at radius 1 is 1.00 bits per heavy atom. The van der Waals surface area contributed by atoms with Crippen LogP contribution in [-0.4, -0.2) is 30.9 Å². The van der Waals surface area contributed by atoms with Gasteiger partial charge in [-0.05, 0) is 52.2 Å². The number of halogens is 2. The van der Waals surface area contributed by atoms with E-state index in [1.165, 1.54) is 12.1 Å². The van der Waals surface area contributed by atoms with Crippen LogP contribution in [0.4, 0.5) is 10.1 Å². The third-order valence-corrected chi connectivity index (χ3v) is 4.18. The number of rotatable bonds is 8. The number of benzene rings is 2. The summed E-state index contributed by atoms with van der Waals surface area (Å²) in [7, 11) is 0. The van der Waals surface area contributed by atoms with Crippen molar-refractivity contribution >= 4 is 39.4 Å². The number of anilines is 1. The number of para-hydroxylation sites is 1. The van der Waals surface area contributed by atoms with Gasteiger partial charge in [0, 0.05) is 10.9 Å². The van der Waals surface area contributed by atoms with Crippen molar-refractivity contribution < 1.29 is 23.5 Å². The fourth-order valence-electron chi connectivity index (χ4n) is 2.10. The third kappa shape index (κ3) is 7.57. The Hall–Kier alpha value is -2.74. The van der Waals surface area contributed by atoms with E-state index in [9.17, 15) is 18.8 Å². The number of aryl methyl sites for hydroxylation is 1. The maximum atomic E-state index is 12.8. The Labute approximate surface area is 164 Å². The molecule has 0 unspecified atom stereocenters. The fourth-order valence-corrected chi connectivity index (χ4v) is 2.49. The van der Waals surface area contributed by atoms with Crippen molar-refractivity contribution in [3.63, 3.8) is 0 Å². The zero-order valence-corrected chi connectivity index (χ0v) is 15.9. The molecule has 142 valence electrons. The summed E-state index contributed by atoms with van der Waals surface area (Å²) in [4.78, 5) is 35.1. The number of esters is 1. The highest BCUT2D eigenvalue weighted by Gasteiger charge is 2.10. The normalized spacial score (nSPS) is 10.1. The highest BCUT2D eigenvalue weighted by Crippen LogP contribution is 2.20. The van der Waals surface area contributed by atoms with Gasteiger partial charge in [0.25, 0.3) is 5.91 Å². The van der Waals surface area contributed by atoms with Crippen LogP contribution in [0.5, 0.6) is 0 Å². The molecule has 27 heavy (non-hydrogen) atoms. The molecule has 0 atom stereocenters. The number of hydrogen-bond donors (Lipinski definition) is 2. The zero-order chi connectivity index (χ0) is 19.6. The Kier molecular flexibility index (Phi) is 7.94. The predicted molar refractivity (Wildman–Crippen MR) is 101 cm³/mol. The molecule has 2 aromatic rings. The molecule has 6 nitrogen and oxygen atoms in total. The van der Waals surface area contributed by atoms with E-state index in [0.717, 1.165) is 10.0 Å². The van der Waals surface area contributed by atoms with Gasteiger partial charge in [-0.1, -0.05) is 24.3 Å². The molecule has 0 spiro atoms. The van der Waals surface area contributed by atoms with E-state index < -0.39 is 24.4 Å². The summed E-state index contributed by atoms with van der Waals surface area (Å²) in [6, 6.07) is 12.9. The van der Waals surface area contributed by atoms with Crippen molar-refractivity contribution in [3.8, 4) is 0 Å².